The molecule has 118 valence electrons. The van der Waals surface area contributed by atoms with Gasteiger partial charge in [0.2, 0.25) is 0 Å². The van der Waals surface area contributed by atoms with Crippen LogP contribution in [0.25, 0.3) is 0 Å². The van der Waals surface area contributed by atoms with Gasteiger partial charge in [-0.15, -0.1) is 0 Å². The van der Waals surface area contributed by atoms with Gasteiger partial charge in [0.1, 0.15) is 0 Å². The van der Waals surface area contributed by atoms with Gasteiger partial charge in [-0.3, -0.25) is 4.90 Å². The molecule has 3 rings (SSSR count). The van der Waals surface area contributed by atoms with Gasteiger partial charge in [0, 0.05) is 18.2 Å². The van der Waals surface area contributed by atoms with E-state index in [9.17, 15) is 4.79 Å². The van der Waals surface area contributed by atoms with Crippen molar-refractivity contribution in [3.05, 3.63) is 47.5 Å². The standard InChI is InChI=1S/C19H25NO2/c1-13-9-18-16(12-19(21)22-3)15(11-17(13)20(18)2)10-14-7-5-4-6-8-14/h4-8,12-13,15,17-18H,9-11H2,1-3H3/b16-12+/t13-,15-,17+,18+/m0/s1. The molecule has 1 aromatic carbocycles. The van der Waals surface area contributed by atoms with E-state index in [-0.39, 0.29) is 5.97 Å². The van der Waals surface area contributed by atoms with Crippen LogP contribution in [0.3, 0.4) is 0 Å². The Balaban J connectivity index is 1.89. The van der Waals surface area contributed by atoms with Crippen LogP contribution in [0, 0.1) is 11.8 Å². The summed E-state index contributed by atoms with van der Waals surface area (Å²) in [5.74, 6) is 0.911. The zero-order chi connectivity index (χ0) is 15.7. The molecule has 0 amide bonds. The van der Waals surface area contributed by atoms with Crippen molar-refractivity contribution in [1.29, 1.82) is 0 Å². The lowest BCUT2D eigenvalue weighted by molar-refractivity contribution is -0.135. The number of likely N-dealkylation sites (N-methyl/N-ethyl adjacent to an activating group) is 1. The van der Waals surface area contributed by atoms with Crippen molar-refractivity contribution < 1.29 is 9.53 Å². The largest absolute Gasteiger partial charge is 0.466 e. The lowest BCUT2D eigenvalue weighted by atomic mass is 9.81. The maximum atomic E-state index is 11.8. The predicted molar refractivity (Wildman–Crippen MR) is 87.5 cm³/mol. The highest BCUT2D eigenvalue weighted by molar-refractivity contribution is 5.83. The molecule has 3 heteroatoms. The van der Waals surface area contributed by atoms with Crippen LogP contribution in [0.5, 0.6) is 0 Å². The average molecular weight is 299 g/mol. The fraction of sp³-hybridized carbons (Fsp3) is 0.526. The van der Waals surface area contributed by atoms with Crippen molar-refractivity contribution in [2.45, 2.75) is 38.3 Å². The normalized spacial score (nSPS) is 33.1. The number of piperidine rings is 1. The fourth-order valence-electron chi connectivity index (χ4n) is 4.29. The first-order valence-corrected chi connectivity index (χ1v) is 8.15. The fourth-order valence-corrected chi connectivity index (χ4v) is 4.29. The van der Waals surface area contributed by atoms with E-state index < -0.39 is 0 Å². The van der Waals surface area contributed by atoms with E-state index >= 15 is 0 Å². The molecule has 4 atom stereocenters. The molecule has 2 bridgehead atoms. The Labute approximate surface area is 133 Å². The highest BCUT2D eigenvalue weighted by Crippen LogP contribution is 2.45. The molecule has 0 saturated carbocycles. The van der Waals surface area contributed by atoms with E-state index in [1.54, 1.807) is 6.08 Å². The van der Waals surface area contributed by atoms with Crippen LogP contribution < -0.4 is 0 Å². The molecule has 0 radical (unpaired) electrons. The third-order valence-electron chi connectivity index (χ3n) is 5.46. The quantitative estimate of drug-likeness (QED) is 0.634. The third kappa shape index (κ3) is 2.82. The Morgan fingerprint density at radius 2 is 2.05 bits per heavy atom. The SMILES string of the molecule is COC(=O)/C=C1\[C@@H](Cc2ccccc2)C[C@@H]2[C@@H](C)C[C@H]1N2C. The van der Waals surface area contributed by atoms with Crippen LogP contribution in [-0.4, -0.2) is 37.1 Å². The molecule has 0 unspecified atom stereocenters. The lowest BCUT2D eigenvalue weighted by Gasteiger charge is -2.39. The summed E-state index contributed by atoms with van der Waals surface area (Å²) in [4.78, 5) is 14.3. The summed E-state index contributed by atoms with van der Waals surface area (Å²) in [6, 6.07) is 11.6. The van der Waals surface area contributed by atoms with Gasteiger partial charge < -0.3 is 4.74 Å². The van der Waals surface area contributed by atoms with E-state index in [2.05, 4.69) is 49.2 Å². The van der Waals surface area contributed by atoms with Crippen molar-refractivity contribution in [3.8, 4) is 0 Å². The van der Waals surface area contributed by atoms with E-state index in [1.807, 2.05) is 0 Å². The van der Waals surface area contributed by atoms with Gasteiger partial charge in [-0.2, -0.15) is 0 Å². The molecular formula is C19H25NO2. The van der Waals surface area contributed by atoms with Crippen LogP contribution in [0.1, 0.15) is 25.3 Å². The molecule has 2 fully saturated rings. The molecule has 1 aromatic rings. The topological polar surface area (TPSA) is 29.5 Å². The minimum Gasteiger partial charge on any atom is -0.466 e. The second-order valence-electron chi connectivity index (χ2n) is 6.75. The maximum absolute atomic E-state index is 11.8. The smallest absolute Gasteiger partial charge is 0.330 e. The molecule has 3 nitrogen and oxygen atoms in total. The van der Waals surface area contributed by atoms with Gasteiger partial charge in [-0.05, 0) is 49.3 Å². The van der Waals surface area contributed by atoms with E-state index in [0.717, 1.165) is 19.3 Å². The predicted octanol–water partition coefficient (Wildman–Crippen LogP) is 3.06. The van der Waals surface area contributed by atoms with Gasteiger partial charge in [0.15, 0.2) is 0 Å². The molecule has 2 heterocycles. The Bertz CT molecular complexity index is 566. The Morgan fingerprint density at radius 3 is 2.73 bits per heavy atom. The first-order valence-electron chi connectivity index (χ1n) is 8.15. The monoisotopic (exact) mass is 299 g/mol. The van der Waals surface area contributed by atoms with Gasteiger partial charge in [-0.25, -0.2) is 4.79 Å². The molecule has 0 spiro atoms. The summed E-state index contributed by atoms with van der Waals surface area (Å²) < 4.78 is 4.89. The van der Waals surface area contributed by atoms with Crippen molar-refractivity contribution >= 4 is 5.97 Å². The average Bonchev–Trinajstić information content (AvgIpc) is 2.72. The van der Waals surface area contributed by atoms with Crippen LogP contribution in [0.4, 0.5) is 0 Å². The lowest BCUT2D eigenvalue weighted by Crippen LogP contribution is -2.43. The van der Waals surface area contributed by atoms with Gasteiger partial charge in [0.05, 0.1) is 7.11 Å². The van der Waals surface area contributed by atoms with Gasteiger partial charge >= 0.3 is 5.97 Å². The number of esters is 1. The second-order valence-corrected chi connectivity index (χ2v) is 6.75. The first kappa shape index (κ1) is 15.3. The minimum atomic E-state index is -0.223. The molecule has 0 aliphatic carbocycles. The van der Waals surface area contributed by atoms with Crippen molar-refractivity contribution in [2.75, 3.05) is 14.2 Å². The minimum absolute atomic E-state index is 0.223. The Hall–Kier alpha value is -1.61. The maximum Gasteiger partial charge on any atom is 0.330 e. The molecular weight excluding hydrogens is 274 g/mol. The number of fused-ring (bicyclic) bond motifs is 2. The van der Waals surface area contributed by atoms with Crippen molar-refractivity contribution in [1.82, 2.24) is 4.90 Å². The third-order valence-corrected chi connectivity index (χ3v) is 5.46. The number of nitrogens with zero attached hydrogens (tertiary/aromatic N) is 1. The number of carbonyl (C=O) groups excluding carboxylic acids is 1. The Morgan fingerprint density at radius 1 is 1.32 bits per heavy atom. The summed E-state index contributed by atoms with van der Waals surface area (Å²) in [5.41, 5.74) is 2.61. The summed E-state index contributed by atoms with van der Waals surface area (Å²) in [6.07, 6.45) is 5.04. The summed E-state index contributed by atoms with van der Waals surface area (Å²) in [5, 5.41) is 0. The van der Waals surface area contributed by atoms with Crippen LogP contribution in [-0.2, 0) is 16.0 Å². The highest BCUT2D eigenvalue weighted by atomic mass is 16.5. The van der Waals surface area contributed by atoms with Gasteiger partial charge in [0.25, 0.3) is 0 Å². The Kier molecular flexibility index (Phi) is 4.34. The number of ether oxygens (including phenoxy) is 1. The first-order chi connectivity index (χ1) is 10.6. The van der Waals surface area contributed by atoms with Gasteiger partial charge in [-0.1, -0.05) is 37.3 Å². The molecule has 22 heavy (non-hydrogen) atoms. The zero-order valence-corrected chi connectivity index (χ0v) is 13.7. The molecule has 0 aromatic heterocycles. The zero-order valence-electron chi connectivity index (χ0n) is 13.7. The summed E-state index contributed by atoms with van der Waals surface area (Å²) in [7, 11) is 3.65. The molecule has 2 aliphatic heterocycles. The van der Waals surface area contributed by atoms with E-state index in [0.29, 0.717) is 23.9 Å². The highest BCUT2D eigenvalue weighted by Gasteiger charge is 2.45. The molecule has 0 N–H and O–H groups in total. The molecule has 2 aliphatic rings. The number of carbonyl (C=O) groups is 1. The number of hydrogen-bond acceptors (Lipinski definition) is 3. The van der Waals surface area contributed by atoms with Crippen LogP contribution in [0.15, 0.2) is 42.0 Å². The van der Waals surface area contributed by atoms with Crippen molar-refractivity contribution in [2.24, 2.45) is 11.8 Å². The second kappa shape index (κ2) is 6.25. The number of hydrogen-bond donors (Lipinski definition) is 0. The number of methoxy groups -OCH3 is 1. The van der Waals surface area contributed by atoms with E-state index in [1.165, 1.54) is 18.2 Å². The van der Waals surface area contributed by atoms with Crippen molar-refractivity contribution in [3.63, 3.8) is 0 Å². The molecule has 2 saturated heterocycles. The summed E-state index contributed by atoms with van der Waals surface area (Å²) >= 11 is 0. The van der Waals surface area contributed by atoms with Crippen LogP contribution in [0.2, 0.25) is 0 Å². The van der Waals surface area contributed by atoms with Crippen LogP contribution >= 0.6 is 0 Å². The van der Waals surface area contributed by atoms with E-state index in [4.69, 9.17) is 4.74 Å². The summed E-state index contributed by atoms with van der Waals surface area (Å²) in [6.45, 7) is 2.34. The number of rotatable bonds is 3. The number of benzene rings is 1.